The Kier molecular flexibility index (Phi) is 7.87. The van der Waals surface area contributed by atoms with E-state index in [4.69, 9.17) is 4.98 Å². The third-order valence-corrected chi connectivity index (χ3v) is 12.8. The molecule has 13 aromatic rings. The third-order valence-electron chi connectivity index (χ3n) is 12.8. The molecular weight excluding hydrogens is 765 g/mol. The molecule has 0 aliphatic heterocycles. The molecule has 0 fully saturated rings. The van der Waals surface area contributed by atoms with Gasteiger partial charge in [0.1, 0.15) is 0 Å². The first-order valence-electron chi connectivity index (χ1n) is 21.5. The van der Waals surface area contributed by atoms with Gasteiger partial charge in [0.15, 0.2) is 0 Å². The van der Waals surface area contributed by atoms with Crippen LogP contribution in [-0.4, -0.2) is 18.7 Å². The van der Waals surface area contributed by atoms with Gasteiger partial charge in [0.25, 0.3) is 0 Å². The van der Waals surface area contributed by atoms with Gasteiger partial charge in [-0.05, 0) is 96.1 Å². The van der Waals surface area contributed by atoms with Crippen LogP contribution in [0.2, 0.25) is 0 Å². The van der Waals surface area contributed by atoms with Crippen molar-refractivity contribution >= 4 is 65.4 Å². The van der Waals surface area contributed by atoms with Gasteiger partial charge in [-0.15, -0.1) is 0 Å². The second-order valence-corrected chi connectivity index (χ2v) is 16.4. The summed E-state index contributed by atoms with van der Waals surface area (Å²) in [7, 11) is 0. The van der Waals surface area contributed by atoms with Gasteiger partial charge in [0.05, 0.1) is 50.2 Å². The molecule has 0 aliphatic carbocycles. The average molecular weight is 803 g/mol. The van der Waals surface area contributed by atoms with Gasteiger partial charge in [-0.25, -0.2) is 4.98 Å². The summed E-state index contributed by atoms with van der Waals surface area (Å²) in [4.78, 5) is 5.25. The predicted octanol–water partition coefficient (Wildman–Crippen LogP) is 15.4. The van der Waals surface area contributed by atoms with Crippen molar-refractivity contribution in [3.63, 3.8) is 0 Å². The van der Waals surface area contributed by atoms with Gasteiger partial charge in [-0.2, -0.15) is 0 Å². The van der Waals surface area contributed by atoms with Crippen molar-refractivity contribution in [3.05, 3.63) is 231 Å². The molecule has 0 atom stereocenters. The number of para-hydroxylation sites is 4. The molecule has 9 aromatic carbocycles. The fourth-order valence-electron chi connectivity index (χ4n) is 9.98. The quantitative estimate of drug-likeness (QED) is 0.165. The predicted molar refractivity (Wildman–Crippen MR) is 264 cm³/mol. The minimum absolute atomic E-state index is 0.934. The maximum Gasteiger partial charge on any atom is 0.0730 e. The Bertz CT molecular complexity index is 3780. The highest BCUT2D eigenvalue weighted by Crippen LogP contribution is 2.41. The van der Waals surface area contributed by atoms with E-state index in [1.54, 1.807) is 0 Å². The van der Waals surface area contributed by atoms with E-state index in [0.29, 0.717) is 0 Å². The fraction of sp³-hybridized carbons (Fsp3) is 0. The van der Waals surface area contributed by atoms with Crippen LogP contribution in [0.25, 0.3) is 116 Å². The van der Waals surface area contributed by atoms with Crippen molar-refractivity contribution in [2.75, 3.05) is 0 Å². The van der Waals surface area contributed by atoms with Crippen molar-refractivity contribution in [1.82, 2.24) is 18.7 Å². The molecule has 294 valence electrons. The summed E-state index contributed by atoms with van der Waals surface area (Å²) in [5.74, 6) is 0. The lowest BCUT2D eigenvalue weighted by Crippen LogP contribution is -1.99. The first-order chi connectivity index (χ1) is 31.2. The summed E-state index contributed by atoms with van der Waals surface area (Å²) in [6.45, 7) is 0. The van der Waals surface area contributed by atoms with Gasteiger partial charge >= 0.3 is 0 Å². The molecule has 0 saturated heterocycles. The van der Waals surface area contributed by atoms with Crippen molar-refractivity contribution in [1.29, 1.82) is 0 Å². The van der Waals surface area contributed by atoms with Crippen LogP contribution in [0.15, 0.2) is 231 Å². The molecule has 4 heteroatoms. The summed E-state index contributed by atoms with van der Waals surface area (Å²) in [5.41, 5.74) is 16.8. The van der Waals surface area contributed by atoms with E-state index in [0.717, 1.165) is 50.6 Å². The van der Waals surface area contributed by atoms with E-state index in [2.05, 4.69) is 244 Å². The Balaban J connectivity index is 1.07. The Labute approximate surface area is 363 Å². The average Bonchev–Trinajstić information content (AvgIpc) is 3.99. The van der Waals surface area contributed by atoms with Gasteiger partial charge in [-0.3, -0.25) is 0 Å². The van der Waals surface area contributed by atoms with Crippen LogP contribution in [0.3, 0.4) is 0 Å². The Hall–Kier alpha value is -8.47. The zero-order chi connectivity index (χ0) is 41.4. The van der Waals surface area contributed by atoms with Crippen LogP contribution >= 0.6 is 0 Å². The minimum atomic E-state index is 0.934. The van der Waals surface area contributed by atoms with Crippen molar-refractivity contribution < 1.29 is 0 Å². The Morgan fingerprint density at radius 3 is 1.11 bits per heavy atom. The molecule has 4 nitrogen and oxygen atoms in total. The first-order valence-corrected chi connectivity index (χ1v) is 21.5. The number of rotatable bonds is 6. The number of nitrogens with zero attached hydrogens (tertiary/aromatic N) is 4. The van der Waals surface area contributed by atoms with Crippen molar-refractivity contribution in [3.8, 4) is 50.7 Å². The van der Waals surface area contributed by atoms with E-state index in [9.17, 15) is 0 Å². The van der Waals surface area contributed by atoms with E-state index < -0.39 is 0 Å². The Morgan fingerprint density at radius 1 is 0.222 bits per heavy atom. The standard InChI is InChI=1S/C59H38N4/c1-4-16-39(17-5-1)52-37-45(38-53(60-52)40-18-6-2-7-19-40)63-58-32-29-42(41-28-31-57-49(34-41)48-24-12-15-27-56(48)61(57)43-20-8-3-9-21-43)35-50(58)51-36-44(30-33-59(51)63)62-54-25-13-10-22-46(54)47-23-11-14-26-55(47)62/h1-38H. The summed E-state index contributed by atoms with van der Waals surface area (Å²) >= 11 is 0. The lowest BCUT2D eigenvalue weighted by molar-refractivity contribution is 1.15. The molecule has 0 spiro atoms. The highest BCUT2D eigenvalue weighted by molar-refractivity contribution is 6.14. The van der Waals surface area contributed by atoms with Crippen molar-refractivity contribution in [2.45, 2.75) is 0 Å². The molecule has 0 radical (unpaired) electrons. The topological polar surface area (TPSA) is 27.7 Å². The maximum atomic E-state index is 5.25. The summed E-state index contributed by atoms with van der Waals surface area (Å²) in [6, 6.07) is 83.4. The molecule has 4 aromatic heterocycles. The van der Waals surface area contributed by atoms with E-state index >= 15 is 0 Å². The minimum Gasteiger partial charge on any atom is -0.309 e. The van der Waals surface area contributed by atoms with E-state index in [1.807, 2.05) is 0 Å². The number of hydrogen-bond acceptors (Lipinski definition) is 1. The molecule has 13 rings (SSSR count). The second kappa shape index (κ2) is 14.1. The van der Waals surface area contributed by atoms with E-state index in [-0.39, 0.29) is 0 Å². The number of benzene rings is 9. The molecule has 0 unspecified atom stereocenters. The molecule has 0 bridgehead atoms. The molecule has 0 N–H and O–H groups in total. The van der Waals surface area contributed by atoms with Gasteiger partial charge < -0.3 is 13.7 Å². The lowest BCUT2D eigenvalue weighted by Gasteiger charge is -2.14. The zero-order valence-corrected chi connectivity index (χ0v) is 34.2. The van der Waals surface area contributed by atoms with Gasteiger partial charge in [0, 0.05) is 54.8 Å². The Morgan fingerprint density at radius 2 is 0.587 bits per heavy atom. The maximum absolute atomic E-state index is 5.25. The number of fused-ring (bicyclic) bond motifs is 9. The number of hydrogen-bond donors (Lipinski definition) is 0. The first kappa shape index (κ1) is 35.3. The van der Waals surface area contributed by atoms with Crippen LogP contribution < -0.4 is 0 Å². The number of pyridine rings is 1. The smallest absolute Gasteiger partial charge is 0.0730 e. The molecule has 4 heterocycles. The largest absolute Gasteiger partial charge is 0.309 e. The normalized spacial score (nSPS) is 11.8. The van der Waals surface area contributed by atoms with Crippen molar-refractivity contribution in [2.24, 2.45) is 0 Å². The SMILES string of the molecule is c1ccc(-c2cc(-n3c4ccc(-c5ccc6c(c5)c5ccccc5n6-c5ccccc5)cc4c4cc(-n5c6ccccc6c6ccccc65)ccc43)cc(-c3ccccc3)n2)cc1. The molecule has 0 saturated carbocycles. The molecule has 0 amide bonds. The van der Waals surface area contributed by atoms with Gasteiger partial charge in [0.2, 0.25) is 0 Å². The lowest BCUT2D eigenvalue weighted by atomic mass is 10.0. The van der Waals surface area contributed by atoms with E-state index in [1.165, 1.54) is 65.5 Å². The molecular formula is C59H38N4. The monoisotopic (exact) mass is 802 g/mol. The van der Waals surface area contributed by atoms with Crippen LogP contribution in [0.1, 0.15) is 0 Å². The fourth-order valence-corrected chi connectivity index (χ4v) is 9.98. The second-order valence-electron chi connectivity index (χ2n) is 16.4. The summed E-state index contributed by atoms with van der Waals surface area (Å²) < 4.78 is 7.23. The summed E-state index contributed by atoms with van der Waals surface area (Å²) in [5, 5.41) is 7.36. The highest BCUT2D eigenvalue weighted by atomic mass is 15.0. The molecule has 63 heavy (non-hydrogen) atoms. The molecule has 0 aliphatic rings. The van der Waals surface area contributed by atoms with Gasteiger partial charge in [-0.1, -0.05) is 146 Å². The van der Waals surface area contributed by atoms with Crippen LogP contribution in [-0.2, 0) is 0 Å². The highest BCUT2D eigenvalue weighted by Gasteiger charge is 2.20. The summed E-state index contributed by atoms with van der Waals surface area (Å²) in [6.07, 6.45) is 0. The zero-order valence-electron chi connectivity index (χ0n) is 34.2. The van der Waals surface area contributed by atoms with Crippen LogP contribution in [0, 0.1) is 0 Å². The van der Waals surface area contributed by atoms with Crippen LogP contribution in [0.5, 0.6) is 0 Å². The number of aromatic nitrogens is 4. The third kappa shape index (κ3) is 5.59. The van der Waals surface area contributed by atoms with Crippen LogP contribution in [0.4, 0.5) is 0 Å².